The van der Waals surface area contributed by atoms with Gasteiger partial charge in [0.05, 0.1) is 9.79 Å². The van der Waals surface area contributed by atoms with Crippen molar-refractivity contribution in [3.8, 4) is 0 Å². The van der Waals surface area contributed by atoms with Crippen molar-refractivity contribution in [1.82, 2.24) is 0 Å². The van der Waals surface area contributed by atoms with Crippen LogP contribution in [0.3, 0.4) is 0 Å². The van der Waals surface area contributed by atoms with E-state index < -0.39 is 30.0 Å². The molecule has 0 aliphatic rings. The molecule has 0 unspecified atom stereocenters. The smallest absolute Gasteiger partial charge is 0.744 e. The van der Waals surface area contributed by atoms with Gasteiger partial charge >= 0.3 is 59.1 Å². The molecule has 0 aliphatic carbocycles. The third-order valence-electron chi connectivity index (χ3n) is 3.08. The molecule has 0 spiro atoms. The topological polar surface area (TPSA) is 166 Å². The van der Waals surface area contributed by atoms with E-state index in [1.807, 2.05) is 0 Å². The number of hydrogen-bond donors (Lipinski definition) is 2. The first-order valence-electron chi connectivity index (χ1n) is 6.37. The Morgan fingerprint density at radius 3 is 1.27 bits per heavy atom. The van der Waals surface area contributed by atoms with Crippen LogP contribution in [0.1, 0.15) is 11.1 Å². The molecule has 4 N–H and O–H groups in total. The first-order valence-corrected chi connectivity index (χ1v) is 9.19. The maximum atomic E-state index is 11.1. The molecular formula is C14H12N2Na2O6S2. The van der Waals surface area contributed by atoms with Crippen LogP contribution in [-0.4, -0.2) is 25.9 Å². The summed E-state index contributed by atoms with van der Waals surface area (Å²) >= 11 is 0. The monoisotopic (exact) mass is 414 g/mol. The Morgan fingerprint density at radius 2 is 1.00 bits per heavy atom. The minimum atomic E-state index is -4.72. The van der Waals surface area contributed by atoms with E-state index in [4.69, 9.17) is 11.5 Å². The van der Waals surface area contributed by atoms with Gasteiger partial charge in [0.1, 0.15) is 20.2 Å². The quantitative estimate of drug-likeness (QED) is 0.217. The molecule has 0 atom stereocenters. The van der Waals surface area contributed by atoms with Crippen molar-refractivity contribution in [1.29, 1.82) is 0 Å². The molecule has 26 heavy (non-hydrogen) atoms. The van der Waals surface area contributed by atoms with E-state index in [1.165, 1.54) is 36.4 Å². The summed E-state index contributed by atoms with van der Waals surface area (Å²) in [7, 11) is -9.43. The summed E-state index contributed by atoms with van der Waals surface area (Å²) in [6.07, 6.45) is 2.86. The number of hydrogen-bond acceptors (Lipinski definition) is 8. The summed E-state index contributed by atoms with van der Waals surface area (Å²) in [5.41, 5.74) is 11.3. The second-order valence-corrected chi connectivity index (χ2v) is 7.53. The molecule has 2 aromatic rings. The Balaban J connectivity index is 0.00000312. The first kappa shape index (κ1) is 25.6. The van der Waals surface area contributed by atoms with Crippen LogP contribution in [0.5, 0.6) is 0 Å². The molecule has 0 saturated heterocycles. The summed E-state index contributed by atoms with van der Waals surface area (Å²) in [6.45, 7) is 0. The van der Waals surface area contributed by atoms with Gasteiger partial charge in [-0.3, -0.25) is 0 Å². The van der Waals surface area contributed by atoms with Gasteiger partial charge in [-0.05, 0) is 35.4 Å². The summed E-state index contributed by atoms with van der Waals surface area (Å²) < 4.78 is 66.6. The van der Waals surface area contributed by atoms with Crippen LogP contribution >= 0.6 is 0 Å². The van der Waals surface area contributed by atoms with Crippen LogP contribution in [0.25, 0.3) is 12.2 Å². The van der Waals surface area contributed by atoms with Crippen LogP contribution in [0.2, 0.25) is 0 Å². The van der Waals surface area contributed by atoms with Crippen LogP contribution in [0.4, 0.5) is 11.4 Å². The third-order valence-corrected chi connectivity index (χ3v) is 4.87. The molecule has 128 valence electrons. The van der Waals surface area contributed by atoms with E-state index in [9.17, 15) is 25.9 Å². The Hall–Kier alpha value is -0.400. The second kappa shape index (κ2) is 9.69. The average Bonchev–Trinajstić information content (AvgIpc) is 2.45. The van der Waals surface area contributed by atoms with Crippen molar-refractivity contribution in [2.24, 2.45) is 0 Å². The Morgan fingerprint density at radius 1 is 0.692 bits per heavy atom. The standard InChI is InChI=1S/C14H14N2O6S2.2Na/c15-11-5-3-9(7-13(11)23(17,18)19)1-2-10-4-6-12(16)14(8-10)24(20,21)22;;/h1-8H,15-16H2,(H,17,18,19)(H,20,21,22);;/q;2*+1/p-2. The molecule has 8 nitrogen and oxygen atoms in total. The number of nitrogen functional groups attached to an aromatic ring is 2. The van der Waals surface area contributed by atoms with E-state index in [0.717, 1.165) is 12.1 Å². The number of benzene rings is 2. The van der Waals surface area contributed by atoms with Gasteiger partial charge in [-0.25, -0.2) is 16.8 Å². The van der Waals surface area contributed by atoms with E-state index in [1.54, 1.807) is 0 Å². The van der Waals surface area contributed by atoms with Crippen molar-refractivity contribution in [2.45, 2.75) is 9.79 Å². The van der Waals surface area contributed by atoms with Crippen LogP contribution in [0.15, 0.2) is 46.2 Å². The molecule has 0 radical (unpaired) electrons. The van der Waals surface area contributed by atoms with Gasteiger partial charge in [-0.2, -0.15) is 0 Å². The number of nitrogens with two attached hydrogens (primary N) is 2. The Labute approximate surface area is 195 Å². The van der Waals surface area contributed by atoms with Crippen molar-refractivity contribution < 1.29 is 85.1 Å². The van der Waals surface area contributed by atoms with E-state index >= 15 is 0 Å². The zero-order valence-electron chi connectivity index (χ0n) is 14.0. The number of anilines is 2. The van der Waals surface area contributed by atoms with Crippen LogP contribution in [-0.2, 0) is 20.2 Å². The van der Waals surface area contributed by atoms with Crippen molar-refractivity contribution in [3.05, 3.63) is 47.5 Å². The van der Waals surface area contributed by atoms with E-state index in [-0.39, 0.29) is 70.5 Å². The summed E-state index contributed by atoms with van der Waals surface area (Å²) in [5.74, 6) is 0. The van der Waals surface area contributed by atoms with Crippen LogP contribution < -0.4 is 70.6 Å². The summed E-state index contributed by atoms with van der Waals surface area (Å²) in [4.78, 5) is -1.10. The second-order valence-electron chi connectivity index (χ2n) is 4.84. The first-order chi connectivity index (χ1) is 11.0. The fraction of sp³-hybridized carbons (Fsp3) is 0. The predicted molar refractivity (Wildman–Crippen MR) is 86.6 cm³/mol. The molecule has 0 amide bonds. The minimum Gasteiger partial charge on any atom is -0.744 e. The van der Waals surface area contributed by atoms with Gasteiger partial charge in [0.2, 0.25) is 0 Å². The largest absolute Gasteiger partial charge is 1.00 e. The van der Waals surface area contributed by atoms with Crippen LogP contribution in [0, 0.1) is 0 Å². The maximum Gasteiger partial charge on any atom is 1.00 e. The Kier molecular flexibility index (Phi) is 9.54. The fourth-order valence-corrected chi connectivity index (χ4v) is 3.21. The maximum absolute atomic E-state index is 11.1. The van der Waals surface area contributed by atoms with E-state index in [0.29, 0.717) is 11.1 Å². The fourth-order valence-electron chi connectivity index (χ4n) is 1.93. The van der Waals surface area contributed by atoms with Gasteiger partial charge in [0.15, 0.2) is 0 Å². The normalized spacial score (nSPS) is 11.6. The predicted octanol–water partition coefficient (Wildman–Crippen LogP) is -5.16. The zero-order valence-corrected chi connectivity index (χ0v) is 19.7. The van der Waals surface area contributed by atoms with Crippen molar-refractivity contribution in [3.63, 3.8) is 0 Å². The van der Waals surface area contributed by atoms with Gasteiger partial charge < -0.3 is 20.6 Å². The molecule has 2 rings (SSSR count). The van der Waals surface area contributed by atoms with Crippen molar-refractivity contribution in [2.75, 3.05) is 11.5 Å². The minimum absolute atomic E-state index is 0. The van der Waals surface area contributed by atoms with E-state index in [2.05, 4.69) is 0 Å². The number of rotatable bonds is 4. The van der Waals surface area contributed by atoms with Crippen molar-refractivity contribution >= 4 is 43.8 Å². The molecule has 0 aromatic heterocycles. The summed E-state index contributed by atoms with van der Waals surface area (Å²) in [6, 6.07) is 7.67. The van der Waals surface area contributed by atoms with Gasteiger partial charge in [-0.15, -0.1) is 0 Å². The molecule has 0 bridgehead atoms. The molecule has 12 heteroatoms. The molecule has 0 fully saturated rings. The zero-order chi connectivity index (χ0) is 18.1. The third kappa shape index (κ3) is 6.64. The SMILES string of the molecule is Nc1ccc(C=Cc2ccc(N)c(S(=O)(=O)[O-])c2)cc1S(=O)(=O)[O-].[Na+].[Na+]. The molecular weight excluding hydrogens is 402 g/mol. The van der Waals surface area contributed by atoms with Gasteiger partial charge in [0.25, 0.3) is 0 Å². The molecule has 0 aliphatic heterocycles. The molecule has 2 aromatic carbocycles. The Bertz CT molecular complexity index is 954. The summed E-state index contributed by atoms with van der Waals surface area (Å²) in [5, 5.41) is 0. The van der Waals surface area contributed by atoms with Gasteiger partial charge in [0, 0.05) is 11.4 Å². The van der Waals surface area contributed by atoms with Gasteiger partial charge in [-0.1, -0.05) is 24.3 Å². The molecule has 0 heterocycles. The average molecular weight is 414 g/mol. The molecule has 0 saturated carbocycles.